The van der Waals surface area contributed by atoms with E-state index in [0.717, 1.165) is 44.9 Å². The van der Waals surface area contributed by atoms with E-state index < -0.39 is 6.10 Å². The second-order valence-electron chi connectivity index (χ2n) is 7.56. The minimum atomic E-state index is -0.409. The van der Waals surface area contributed by atoms with Crippen LogP contribution in [0.4, 0.5) is 0 Å². The summed E-state index contributed by atoms with van der Waals surface area (Å²) in [7, 11) is 0. The van der Waals surface area contributed by atoms with Gasteiger partial charge < -0.3 is 9.47 Å². The maximum absolute atomic E-state index is 12.3. The van der Waals surface area contributed by atoms with Gasteiger partial charge in [-0.3, -0.25) is 9.59 Å². The molecule has 0 N–H and O–H groups in total. The van der Waals surface area contributed by atoms with Crippen LogP contribution in [0.2, 0.25) is 0 Å². The number of allylic oxidation sites excluding steroid dienone is 2. The summed E-state index contributed by atoms with van der Waals surface area (Å²) in [5.74, 6) is 0.494. The molecule has 3 rings (SSSR count). The van der Waals surface area contributed by atoms with E-state index in [0.29, 0.717) is 11.8 Å². The van der Waals surface area contributed by atoms with E-state index >= 15 is 0 Å². The van der Waals surface area contributed by atoms with Gasteiger partial charge in [-0.15, -0.1) is 0 Å². The van der Waals surface area contributed by atoms with Crippen molar-refractivity contribution in [1.29, 1.82) is 0 Å². The minimum absolute atomic E-state index is 0.0136. The second-order valence-corrected chi connectivity index (χ2v) is 7.56. The molecule has 0 aromatic heterocycles. The monoisotopic (exact) mass is 320 g/mol. The first-order chi connectivity index (χ1) is 11.0. The predicted octanol–water partition coefficient (Wildman–Crippen LogP) is 3.79. The van der Waals surface area contributed by atoms with Crippen LogP contribution in [0.1, 0.15) is 65.2 Å². The van der Waals surface area contributed by atoms with Crippen LogP contribution < -0.4 is 0 Å². The van der Waals surface area contributed by atoms with Crippen molar-refractivity contribution in [2.75, 3.05) is 0 Å². The van der Waals surface area contributed by atoms with Gasteiger partial charge in [0.1, 0.15) is 11.7 Å². The molecule has 4 unspecified atom stereocenters. The molecule has 3 aliphatic rings. The van der Waals surface area contributed by atoms with Gasteiger partial charge in [0.05, 0.1) is 12.3 Å². The summed E-state index contributed by atoms with van der Waals surface area (Å²) in [6.45, 7) is 3.86. The Bertz CT molecular complexity index is 490. The molecule has 0 heterocycles. The van der Waals surface area contributed by atoms with E-state index in [1.807, 2.05) is 0 Å². The molecule has 2 saturated carbocycles. The Balaban J connectivity index is 1.45. The number of ether oxygens (including phenoxy) is 2. The maximum Gasteiger partial charge on any atom is 0.310 e. The van der Waals surface area contributed by atoms with Gasteiger partial charge in [0.25, 0.3) is 0 Å². The van der Waals surface area contributed by atoms with Crippen molar-refractivity contribution in [1.82, 2.24) is 0 Å². The van der Waals surface area contributed by atoms with Gasteiger partial charge in [-0.1, -0.05) is 19.1 Å². The lowest BCUT2D eigenvalue weighted by Gasteiger charge is -2.28. The Morgan fingerprint density at radius 3 is 2.52 bits per heavy atom. The largest absolute Gasteiger partial charge is 0.462 e. The van der Waals surface area contributed by atoms with E-state index in [9.17, 15) is 9.59 Å². The molecule has 0 aliphatic heterocycles. The smallest absolute Gasteiger partial charge is 0.310 e. The van der Waals surface area contributed by atoms with Gasteiger partial charge >= 0.3 is 11.9 Å². The lowest BCUT2D eigenvalue weighted by Crippen LogP contribution is -2.33. The van der Waals surface area contributed by atoms with Crippen LogP contribution in [-0.2, 0) is 19.1 Å². The summed E-state index contributed by atoms with van der Waals surface area (Å²) in [4.78, 5) is 24.5. The molecule has 4 atom stereocenters. The quantitative estimate of drug-likeness (QED) is 0.552. The van der Waals surface area contributed by atoms with Gasteiger partial charge in [0, 0.05) is 0 Å². The lowest BCUT2D eigenvalue weighted by atomic mass is 9.94. The SMILES string of the molecule is CCC1(OC(=O)CC(C)OC(=O)C2CC3C=CC2C3)CCCC1. The molecule has 2 fully saturated rings. The minimum Gasteiger partial charge on any atom is -0.462 e. The highest BCUT2D eigenvalue weighted by Crippen LogP contribution is 2.44. The topological polar surface area (TPSA) is 52.6 Å². The van der Waals surface area contributed by atoms with Crippen LogP contribution in [0, 0.1) is 17.8 Å². The molecule has 128 valence electrons. The number of fused-ring (bicyclic) bond motifs is 2. The van der Waals surface area contributed by atoms with Crippen molar-refractivity contribution in [3.05, 3.63) is 12.2 Å². The third-order valence-corrected chi connectivity index (χ3v) is 5.84. The summed E-state index contributed by atoms with van der Waals surface area (Å²) in [5, 5.41) is 0. The predicted molar refractivity (Wildman–Crippen MR) is 86.6 cm³/mol. The first-order valence-corrected chi connectivity index (χ1v) is 9.12. The van der Waals surface area contributed by atoms with E-state index in [2.05, 4.69) is 19.1 Å². The van der Waals surface area contributed by atoms with E-state index in [1.54, 1.807) is 6.92 Å². The highest BCUT2D eigenvalue weighted by molar-refractivity contribution is 5.75. The number of carbonyl (C=O) groups excluding carboxylic acids is 2. The number of hydrogen-bond donors (Lipinski definition) is 0. The van der Waals surface area contributed by atoms with Gasteiger partial charge in [0.2, 0.25) is 0 Å². The third kappa shape index (κ3) is 3.61. The Morgan fingerprint density at radius 1 is 1.22 bits per heavy atom. The van der Waals surface area contributed by atoms with Crippen LogP contribution in [0.25, 0.3) is 0 Å². The molecule has 2 bridgehead atoms. The fraction of sp³-hybridized carbons (Fsp3) is 0.789. The van der Waals surface area contributed by atoms with Crippen LogP contribution in [0.3, 0.4) is 0 Å². The zero-order valence-electron chi connectivity index (χ0n) is 14.3. The van der Waals surface area contributed by atoms with Crippen LogP contribution in [0.5, 0.6) is 0 Å². The number of rotatable bonds is 6. The Labute approximate surface area is 138 Å². The number of hydrogen-bond acceptors (Lipinski definition) is 4. The zero-order chi connectivity index (χ0) is 16.4. The fourth-order valence-electron chi connectivity index (χ4n) is 4.44. The lowest BCUT2D eigenvalue weighted by molar-refractivity contribution is -0.166. The summed E-state index contributed by atoms with van der Waals surface area (Å²) in [6, 6.07) is 0. The fourth-order valence-corrected chi connectivity index (χ4v) is 4.44. The Hall–Kier alpha value is -1.32. The highest BCUT2D eigenvalue weighted by atomic mass is 16.6. The molecule has 0 aromatic carbocycles. The summed E-state index contributed by atoms with van der Waals surface area (Å²) < 4.78 is 11.2. The maximum atomic E-state index is 12.3. The van der Waals surface area contributed by atoms with Gasteiger partial charge in [-0.2, -0.15) is 0 Å². The molecular formula is C19H28O4. The van der Waals surface area contributed by atoms with Crippen molar-refractivity contribution < 1.29 is 19.1 Å². The molecule has 4 nitrogen and oxygen atoms in total. The first-order valence-electron chi connectivity index (χ1n) is 9.12. The summed E-state index contributed by atoms with van der Waals surface area (Å²) >= 11 is 0. The van der Waals surface area contributed by atoms with Crippen LogP contribution >= 0.6 is 0 Å². The highest BCUT2D eigenvalue weighted by Gasteiger charge is 2.41. The van der Waals surface area contributed by atoms with E-state index in [4.69, 9.17) is 9.47 Å². The Morgan fingerprint density at radius 2 is 1.96 bits per heavy atom. The van der Waals surface area contributed by atoms with Gasteiger partial charge in [0.15, 0.2) is 0 Å². The summed E-state index contributed by atoms with van der Waals surface area (Å²) in [5.41, 5.74) is -0.268. The van der Waals surface area contributed by atoms with Crippen LogP contribution in [0.15, 0.2) is 12.2 Å². The molecule has 23 heavy (non-hydrogen) atoms. The average Bonchev–Trinajstić information content (AvgIpc) is 3.23. The first kappa shape index (κ1) is 16.5. The normalized spacial score (nSPS) is 32.0. The molecule has 4 heteroatoms. The van der Waals surface area contributed by atoms with Crippen LogP contribution in [-0.4, -0.2) is 23.6 Å². The summed E-state index contributed by atoms with van der Waals surface area (Å²) in [6.07, 6.45) is 11.1. The van der Waals surface area contributed by atoms with Crippen molar-refractivity contribution in [3.8, 4) is 0 Å². The van der Waals surface area contributed by atoms with Crippen molar-refractivity contribution in [2.24, 2.45) is 17.8 Å². The number of esters is 2. The van der Waals surface area contributed by atoms with Gasteiger partial charge in [-0.05, 0) is 63.7 Å². The molecule has 0 spiro atoms. The molecule has 0 saturated heterocycles. The van der Waals surface area contributed by atoms with E-state index in [1.165, 1.54) is 0 Å². The Kier molecular flexibility index (Phi) is 4.79. The third-order valence-electron chi connectivity index (χ3n) is 5.84. The molecule has 0 aromatic rings. The van der Waals surface area contributed by atoms with Crippen molar-refractivity contribution >= 4 is 11.9 Å². The average molecular weight is 320 g/mol. The van der Waals surface area contributed by atoms with Crippen molar-refractivity contribution in [2.45, 2.75) is 76.9 Å². The molecule has 0 amide bonds. The zero-order valence-corrected chi connectivity index (χ0v) is 14.3. The standard InChI is InChI=1S/C19H28O4/c1-3-19(8-4-5-9-19)23-17(20)10-13(2)22-18(21)16-12-14-6-7-15(16)11-14/h6-7,13-16H,3-5,8-12H2,1-2H3. The van der Waals surface area contributed by atoms with Crippen molar-refractivity contribution in [3.63, 3.8) is 0 Å². The number of carbonyl (C=O) groups is 2. The van der Waals surface area contributed by atoms with Gasteiger partial charge in [-0.25, -0.2) is 0 Å². The van der Waals surface area contributed by atoms with E-state index in [-0.39, 0.29) is 29.9 Å². The second kappa shape index (κ2) is 6.66. The molecular weight excluding hydrogens is 292 g/mol. The molecule has 0 radical (unpaired) electrons. The molecule has 3 aliphatic carbocycles.